The third kappa shape index (κ3) is 6.28. The number of aliphatic hydroxyl groups is 1. The fraction of sp³-hybridized carbons (Fsp3) is 0.429. The molecule has 0 saturated heterocycles. The quantitative estimate of drug-likeness (QED) is 0.598. The Hall–Kier alpha value is -2.51. The van der Waals surface area contributed by atoms with Crippen LogP contribution in [0, 0.1) is 11.2 Å². The van der Waals surface area contributed by atoms with Gasteiger partial charge in [-0.05, 0) is 49.1 Å². The zero-order valence-electron chi connectivity index (χ0n) is 16.8. The van der Waals surface area contributed by atoms with Crippen LogP contribution in [-0.4, -0.2) is 22.5 Å². The first kappa shape index (κ1) is 21.8. The van der Waals surface area contributed by atoms with Crippen LogP contribution in [0.5, 0.6) is 11.6 Å². The molecule has 1 unspecified atom stereocenters. The molecule has 2 aromatic rings. The van der Waals surface area contributed by atoms with Crippen molar-refractivity contribution in [3.63, 3.8) is 0 Å². The molecule has 1 amide bonds. The van der Waals surface area contributed by atoms with E-state index in [-0.39, 0.29) is 22.6 Å². The van der Waals surface area contributed by atoms with Crippen LogP contribution in [-0.2, 0) is 6.54 Å². The number of hydrogen-bond acceptors (Lipinski definition) is 5. The summed E-state index contributed by atoms with van der Waals surface area (Å²) in [4.78, 5) is 15.1. The molecular weight excluding hydrogens is 361 g/mol. The zero-order valence-corrected chi connectivity index (χ0v) is 16.8. The highest BCUT2D eigenvalue weighted by atomic mass is 19.1. The Labute approximate surface area is 164 Å². The minimum atomic E-state index is -0.927. The Bertz CT molecular complexity index is 815. The Balaban J connectivity index is 2.17. The largest absolute Gasteiger partial charge is 0.436 e. The molecule has 0 aliphatic heterocycles. The Morgan fingerprint density at radius 1 is 1.36 bits per heavy atom. The van der Waals surface area contributed by atoms with E-state index in [4.69, 9.17) is 10.5 Å². The number of carbonyl (C=O) groups is 1. The first-order valence-corrected chi connectivity index (χ1v) is 9.21. The first-order chi connectivity index (χ1) is 13.1. The van der Waals surface area contributed by atoms with E-state index < -0.39 is 17.8 Å². The monoisotopic (exact) mass is 389 g/mol. The summed E-state index contributed by atoms with van der Waals surface area (Å²) in [6, 6.07) is 5.96. The summed E-state index contributed by atoms with van der Waals surface area (Å²) in [6.45, 7) is 9.33. The van der Waals surface area contributed by atoms with Crippen LogP contribution in [0.1, 0.15) is 61.7 Å². The predicted molar refractivity (Wildman–Crippen MR) is 106 cm³/mol. The van der Waals surface area contributed by atoms with E-state index in [1.54, 1.807) is 13.0 Å². The van der Waals surface area contributed by atoms with Gasteiger partial charge < -0.3 is 20.9 Å². The van der Waals surface area contributed by atoms with Crippen molar-refractivity contribution in [3.8, 4) is 11.6 Å². The van der Waals surface area contributed by atoms with Crippen LogP contribution in [0.2, 0.25) is 0 Å². The van der Waals surface area contributed by atoms with Gasteiger partial charge in [0, 0.05) is 24.4 Å². The van der Waals surface area contributed by atoms with Gasteiger partial charge in [0.2, 0.25) is 11.8 Å². The number of primary amides is 1. The average molecular weight is 389 g/mol. The lowest BCUT2D eigenvalue weighted by Gasteiger charge is -2.19. The van der Waals surface area contributed by atoms with E-state index in [0.717, 1.165) is 13.0 Å². The van der Waals surface area contributed by atoms with E-state index in [9.17, 15) is 14.3 Å². The van der Waals surface area contributed by atoms with Crippen molar-refractivity contribution in [1.29, 1.82) is 0 Å². The number of aromatic nitrogens is 1. The van der Waals surface area contributed by atoms with Gasteiger partial charge in [-0.1, -0.05) is 20.8 Å². The van der Waals surface area contributed by atoms with Crippen LogP contribution < -0.4 is 15.8 Å². The fourth-order valence-corrected chi connectivity index (χ4v) is 2.58. The van der Waals surface area contributed by atoms with Gasteiger partial charge in [-0.25, -0.2) is 9.37 Å². The molecule has 28 heavy (non-hydrogen) atoms. The number of aliphatic hydroxyl groups excluding tert-OH is 1. The Morgan fingerprint density at radius 2 is 2.07 bits per heavy atom. The van der Waals surface area contributed by atoms with Crippen molar-refractivity contribution in [1.82, 2.24) is 10.3 Å². The summed E-state index contributed by atoms with van der Waals surface area (Å²) in [6.07, 6.45) is 1.32. The van der Waals surface area contributed by atoms with Crippen molar-refractivity contribution >= 4 is 5.91 Å². The van der Waals surface area contributed by atoms with Gasteiger partial charge in [-0.15, -0.1) is 0 Å². The maximum atomic E-state index is 14.7. The molecule has 0 aliphatic carbocycles. The molecule has 0 aliphatic rings. The number of rotatable bonds is 8. The lowest BCUT2D eigenvalue weighted by molar-refractivity contribution is 0.1000. The molecule has 0 fully saturated rings. The summed E-state index contributed by atoms with van der Waals surface area (Å²) in [5.41, 5.74) is 6.66. The molecule has 1 aromatic carbocycles. The third-order valence-electron chi connectivity index (χ3n) is 4.19. The lowest BCUT2D eigenvalue weighted by Crippen LogP contribution is -2.20. The molecular formula is C21H28FN3O3. The van der Waals surface area contributed by atoms with Gasteiger partial charge in [0.25, 0.3) is 0 Å². The van der Waals surface area contributed by atoms with Crippen molar-refractivity contribution < 1.29 is 19.0 Å². The van der Waals surface area contributed by atoms with Crippen LogP contribution in [0.3, 0.4) is 0 Å². The summed E-state index contributed by atoms with van der Waals surface area (Å²) in [7, 11) is 0. The molecule has 0 saturated carbocycles. The molecule has 6 nitrogen and oxygen atoms in total. The molecule has 1 atom stereocenters. The molecule has 152 valence electrons. The summed E-state index contributed by atoms with van der Waals surface area (Å²) >= 11 is 0. The molecule has 0 bridgehead atoms. The minimum Gasteiger partial charge on any atom is -0.436 e. The van der Waals surface area contributed by atoms with E-state index in [1.807, 2.05) is 0 Å². The van der Waals surface area contributed by atoms with Gasteiger partial charge in [-0.3, -0.25) is 4.79 Å². The number of amides is 1. The second-order valence-corrected chi connectivity index (χ2v) is 8.01. The number of benzene rings is 1. The number of pyridine rings is 1. The van der Waals surface area contributed by atoms with Crippen molar-refractivity contribution in [2.45, 2.75) is 46.8 Å². The van der Waals surface area contributed by atoms with E-state index in [0.29, 0.717) is 17.7 Å². The normalized spacial score (nSPS) is 12.6. The van der Waals surface area contributed by atoms with Gasteiger partial charge in [0.05, 0.1) is 11.7 Å². The summed E-state index contributed by atoms with van der Waals surface area (Å²) < 4.78 is 20.2. The number of nitrogens with one attached hydrogen (secondary N) is 1. The van der Waals surface area contributed by atoms with Crippen LogP contribution in [0.4, 0.5) is 4.39 Å². The number of hydrogen-bond donors (Lipinski definition) is 3. The maximum absolute atomic E-state index is 14.7. The van der Waals surface area contributed by atoms with Crippen molar-refractivity contribution in [2.75, 3.05) is 6.54 Å². The standard InChI is InChI=1S/C21H28FN3O3/c1-13(26)16-9-14(11-24-8-7-21(2,3)4)10-17(22)19(16)28-18-6-5-15(12-25-18)20(23)27/h5-6,9-10,12-13,24,26H,7-8,11H2,1-4H3,(H2,23,27). The highest BCUT2D eigenvalue weighted by Gasteiger charge is 2.18. The highest BCUT2D eigenvalue weighted by Crippen LogP contribution is 2.33. The van der Waals surface area contributed by atoms with E-state index >= 15 is 0 Å². The zero-order chi connectivity index (χ0) is 20.9. The molecule has 1 heterocycles. The summed E-state index contributed by atoms with van der Waals surface area (Å²) in [5, 5.41) is 13.4. The third-order valence-corrected chi connectivity index (χ3v) is 4.19. The second-order valence-electron chi connectivity index (χ2n) is 8.01. The number of carbonyl (C=O) groups excluding carboxylic acids is 1. The van der Waals surface area contributed by atoms with Gasteiger partial charge in [-0.2, -0.15) is 0 Å². The molecule has 7 heteroatoms. The van der Waals surface area contributed by atoms with Gasteiger partial charge >= 0.3 is 0 Å². The first-order valence-electron chi connectivity index (χ1n) is 9.21. The highest BCUT2D eigenvalue weighted by molar-refractivity contribution is 5.92. The smallest absolute Gasteiger partial charge is 0.250 e. The minimum absolute atomic E-state index is 0.0900. The average Bonchev–Trinajstić information content (AvgIpc) is 2.60. The maximum Gasteiger partial charge on any atom is 0.250 e. The predicted octanol–water partition coefficient (Wildman–Crippen LogP) is 3.69. The van der Waals surface area contributed by atoms with E-state index in [2.05, 4.69) is 31.1 Å². The Kier molecular flexibility index (Phi) is 7.10. The topological polar surface area (TPSA) is 97.5 Å². The molecule has 4 N–H and O–H groups in total. The van der Waals surface area contributed by atoms with Gasteiger partial charge in [0.1, 0.15) is 0 Å². The van der Waals surface area contributed by atoms with Crippen molar-refractivity contribution in [3.05, 3.63) is 53.0 Å². The number of halogens is 1. The Morgan fingerprint density at radius 3 is 2.61 bits per heavy atom. The molecule has 1 aromatic heterocycles. The fourth-order valence-electron chi connectivity index (χ4n) is 2.58. The SMILES string of the molecule is CC(O)c1cc(CNCCC(C)(C)C)cc(F)c1Oc1ccc(C(N)=O)cn1. The van der Waals surface area contributed by atoms with Gasteiger partial charge in [0.15, 0.2) is 11.6 Å². The molecule has 2 rings (SSSR count). The number of nitrogens with two attached hydrogens (primary N) is 1. The van der Waals surface area contributed by atoms with Crippen LogP contribution in [0.15, 0.2) is 30.5 Å². The van der Waals surface area contributed by atoms with Crippen molar-refractivity contribution in [2.24, 2.45) is 11.1 Å². The summed E-state index contributed by atoms with van der Waals surface area (Å²) in [5.74, 6) is -1.19. The molecule has 0 radical (unpaired) electrons. The second kappa shape index (κ2) is 9.12. The lowest BCUT2D eigenvalue weighted by atomic mass is 9.92. The molecule has 0 spiro atoms. The van der Waals surface area contributed by atoms with Crippen LogP contribution >= 0.6 is 0 Å². The van der Waals surface area contributed by atoms with Crippen LogP contribution in [0.25, 0.3) is 0 Å². The van der Waals surface area contributed by atoms with E-state index in [1.165, 1.54) is 24.4 Å². The number of nitrogens with zero attached hydrogens (tertiary/aromatic N) is 1. The number of ether oxygens (including phenoxy) is 1.